The molecule has 4 rings (SSSR count). The lowest BCUT2D eigenvalue weighted by molar-refractivity contribution is -0.123. The Hall–Kier alpha value is -3.23. The standard InChI is InChI=1S/C34H47ClN6O5S2/c1-6-31(34(44)37-19-23-10-11-23)36-20-29(14-24-12-13-47-21-24)39-33(43)27-15-26(17-30(18-27)41(5)48(45,46)40(3)4)32(42)38-22(2)25-8-7-9-28(35)16-25/h8,12-13,15-18,21-23,29,31,36H,6-7,9-11,14,19-20H2,1-5H3,(H,37,44)(H,38,42)(H,39,43)/t22-,29+,31+/m1/s1. The second kappa shape index (κ2) is 16.9. The number of nitrogens with zero attached hydrogens (tertiary/aromatic N) is 2. The van der Waals surface area contributed by atoms with Crippen LogP contribution in [0.2, 0.25) is 0 Å². The Morgan fingerprint density at radius 1 is 1.06 bits per heavy atom. The molecule has 0 aliphatic heterocycles. The molecule has 1 saturated carbocycles. The van der Waals surface area contributed by atoms with E-state index in [0.29, 0.717) is 36.9 Å². The van der Waals surface area contributed by atoms with Crippen molar-refractivity contribution in [1.82, 2.24) is 25.6 Å². The maximum Gasteiger partial charge on any atom is 0.303 e. The maximum absolute atomic E-state index is 13.9. The number of carbonyl (C=O) groups is 3. The zero-order chi connectivity index (χ0) is 35.0. The van der Waals surface area contributed by atoms with Crippen molar-refractivity contribution in [2.24, 2.45) is 5.92 Å². The smallest absolute Gasteiger partial charge is 0.303 e. The summed E-state index contributed by atoms with van der Waals surface area (Å²) in [6.07, 6.45) is 8.74. The highest BCUT2D eigenvalue weighted by molar-refractivity contribution is 7.90. The second-order valence-corrected chi connectivity index (χ2v) is 16.1. The van der Waals surface area contributed by atoms with Gasteiger partial charge in [0, 0.05) is 56.4 Å². The van der Waals surface area contributed by atoms with E-state index in [1.54, 1.807) is 11.3 Å². The summed E-state index contributed by atoms with van der Waals surface area (Å²) < 4.78 is 28.2. The van der Waals surface area contributed by atoms with Crippen molar-refractivity contribution in [2.75, 3.05) is 38.5 Å². The van der Waals surface area contributed by atoms with Gasteiger partial charge < -0.3 is 21.3 Å². The Labute approximate surface area is 293 Å². The van der Waals surface area contributed by atoms with E-state index in [-0.39, 0.29) is 28.8 Å². The average Bonchev–Trinajstić information content (AvgIpc) is 3.75. The van der Waals surface area contributed by atoms with Crippen LogP contribution in [-0.2, 0) is 21.4 Å². The molecule has 1 heterocycles. The van der Waals surface area contributed by atoms with Gasteiger partial charge in [0.25, 0.3) is 11.8 Å². The summed E-state index contributed by atoms with van der Waals surface area (Å²) >= 11 is 7.79. The number of hydrogen-bond acceptors (Lipinski definition) is 7. The Kier molecular flexibility index (Phi) is 13.3. The summed E-state index contributed by atoms with van der Waals surface area (Å²) in [6, 6.07) is 5.16. The minimum atomic E-state index is -3.93. The number of hydrogen-bond donors (Lipinski definition) is 4. The molecule has 48 heavy (non-hydrogen) atoms. The van der Waals surface area contributed by atoms with Crippen molar-refractivity contribution in [3.05, 3.63) is 74.5 Å². The average molecular weight is 719 g/mol. The van der Waals surface area contributed by atoms with Gasteiger partial charge in [-0.25, -0.2) is 0 Å². The molecule has 4 N–H and O–H groups in total. The number of carbonyl (C=O) groups excluding carboxylic acids is 3. The lowest BCUT2D eigenvalue weighted by Gasteiger charge is -2.25. The first-order valence-corrected chi connectivity index (χ1v) is 19.0. The van der Waals surface area contributed by atoms with Gasteiger partial charge in [-0.2, -0.15) is 24.1 Å². The van der Waals surface area contributed by atoms with E-state index in [4.69, 9.17) is 11.6 Å². The van der Waals surface area contributed by atoms with Crippen LogP contribution in [0.15, 0.2) is 57.8 Å². The van der Waals surface area contributed by atoms with Crippen LogP contribution < -0.4 is 25.6 Å². The summed E-state index contributed by atoms with van der Waals surface area (Å²) in [5, 5.41) is 17.1. The van der Waals surface area contributed by atoms with Gasteiger partial charge in [-0.1, -0.05) is 24.6 Å². The third kappa shape index (κ3) is 10.4. The highest BCUT2D eigenvalue weighted by Gasteiger charge is 2.27. The number of halogens is 1. The van der Waals surface area contributed by atoms with Crippen molar-refractivity contribution in [3.63, 3.8) is 0 Å². The van der Waals surface area contributed by atoms with E-state index in [0.717, 1.165) is 45.4 Å². The van der Waals surface area contributed by atoms with Crippen LogP contribution in [0, 0.1) is 5.92 Å². The summed E-state index contributed by atoms with van der Waals surface area (Å²) in [5.74, 6) is -0.443. The zero-order valence-corrected chi connectivity index (χ0v) is 30.6. The zero-order valence-electron chi connectivity index (χ0n) is 28.2. The lowest BCUT2D eigenvalue weighted by atomic mass is 10.0. The third-order valence-corrected chi connectivity index (χ3v) is 11.4. The van der Waals surface area contributed by atoms with E-state index in [1.165, 1.54) is 39.3 Å². The van der Waals surface area contributed by atoms with Gasteiger partial charge in [-0.3, -0.25) is 18.7 Å². The first-order valence-electron chi connectivity index (χ1n) is 16.3. The highest BCUT2D eigenvalue weighted by Crippen LogP contribution is 2.28. The summed E-state index contributed by atoms with van der Waals surface area (Å²) in [4.78, 5) is 40.3. The molecular formula is C34H47ClN6O5S2. The fraction of sp³-hybridized carbons (Fsp3) is 0.500. The summed E-state index contributed by atoms with van der Waals surface area (Å²) in [6.45, 7) is 4.78. The van der Waals surface area contributed by atoms with Crippen LogP contribution >= 0.6 is 22.9 Å². The molecule has 0 spiro atoms. The number of nitrogens with one attached hydrogen (secondary N) is 4. The fourth-order valence-corrected chi connectivity index (χ4v) is 7.10. The molecule has 3 atom stereocenters. The number of thiophene rings is 1. The molecule has 3 amide bonds. The van der Waals surface area contributed by atoms with Crippen LogP contribution in [0.3, 0.4) is 0 Å². The first-order chi connectivity index (χ1) is 22.8. The van der Waals surface area contributed by atoms with Crippen molar-refractivity contribution in [2.45, 2.75) is 70.5 Å². The maximum atomic E-state index is 13.9. The summed E-state index contributed by atoms with van der Waals surface area (Å²) in [7, 11) is 0.262. The second-order valence-electron chi connectivity index (χ2n) is 12.6. The largest absolute Gasteiger partial charge is 0.354 e. The van der Waals surface area contributed by atoms with Crippen LogP contribution in [0.1, 0.15) is 72.2 Å². The number of benzene rings is 1. The van der Waals surface area contributed by atoms with Crippen LogP contribution in [0.4, 0.5) is 5.69 Å². The molecule has 1 aromatic heterocycles. The van der Waals surface area contributed by atoms with E-state index in [1.807, 2.05) is 42.8 Å². The van der Waals surface area contributed by atoms with Gasteiger partial charge in [-0.15, -0.1) is 0 Å². The Morgan fingerprint density at radius 3 is 2.33 bits per heavy atom. The topological polar surface area (TPSA) is 140 Å². The predicted molar refractivity (Wildman–Crippen MR) is 193 cm³/mol. The van der Waals surface area contributed by atoms with E-state index < -0.39 is 34.1 Å². The van der Waals surface area contributed by atoms with Crippen LogP contribution in [0.5, 0.6) is 0 Å². The quantitative estimate of drug-likeness (QED) is 0.194. The minimum absolute atomic E-state index is 0.0607. The molecule has 0 bridgehead atoms. The Balaban J connectivity index is 1.58. The fourth-order valence-electron chi connectivity index (χ4n) is 5.32. The molecule has 0 saturated heterocycles. The van der Waals surface area contributed by atoms with Crippen molar-refractivity contribution in [3.8, 4) is 0 Å². The molecule has 262 valence electrons. The number of amides is 3. The highest BCUT2D eigenvalue weighted by atomic mass is 35.5. The predicted octanol–water partition coefficient (Wildman–Crippen LogP) is 4.19. The normalized spacial score (nSPS) is 16.7. The van der Waals surface area contributed by atoms with Crippen LogP contribution in [0.25, 0.3) is 0 Å². The molecule has 11 nitrogen and oxygen atoms in total. The molecule has 2 aliphatic carbocycles. The lowest BCUT2D eigenvalue weighted by Crippen LogP contribution is -2.50. The van der Waals surface area contributed by atoms with Crippen LogP contribution in [-0.4, -0.2) is 82.8 Å². The number of allylic oxidation sites excluding steroid dienone is 2. The van der Waals surface area contributed by atoms with Gasteiger partial charge in [0.05, 0.1) is 17.8 Å². The van der Waals surface area contributed by atoms with Crippen molar-refractivity contribution >= 4 is 56.6 Å². The Bertz CT molecular complexity index is 1620. The van der Waals surface area contributed by atoms with Crippen molar-refractivity contribution < 1.29 is 22.8 Å². The molecule has 1 aromatic carbocycles. The Morgan fingerprint density at radius 2 is 1.75 bits per heavy atom. The molecule has 2 aromatic rings. The van der Waals surface area contributed by atoms with Gasteiger partial charge >= 0.3 is 10.2 Å². The van der Waals surface area contributed by atoms with Gasteiger partial charge in [0.15, 0.2) is 0 Å². The SMILES string of the molecule is CC[C@H](NC[C@H](Cc1ccsc1)NC(=O)c1cc(C(=O)N[C@H](C)C2=CCCC(Cl)=C2)cc(N(C)S(=O)(=O)N(C)C)c1)C(=O)NCC1CC1. The first kappa shape index (κ1) is 37.6. The minimum Gasteiger partial charge on any atom is -0.354 e. The van der Waals surface area contributed by atoms with Crippen molar-refractivity contribution in [1.29, 1.82) is 0 Å². The van der Waals surface area contributed by atoms with E-state index >= 15 is 0 Å². The molecular weight excluding hydrogens is 672 g/mol. The molecule has 2 aliphatic rings. The van der Waals surface area contributed by atoms with Gasteiger partial charge in [-0.05, 0) is 104 Å². The number of anilines is 1. The molecule has 0 radical (unpaired) electrons. The molecule has 1 fully saturated rings. The van der Waals surface area contributed by atoms with Gasteiger partial charge in [0.1, 0.15) is 0 Å². The van der Waals surface area contributed by atoms with E-state index in [9.17, 15) is 22.8 Å². The summed E-state index contributed by atoms with van der Waals surface area (Å²) in [5.41, 5.74) is 2.30. The van der Waals surface area contributed by atoms with Gasteiger partial charge in [0.2, 0.25) is 5.91 Å². The monoisotopic (exact) mass is 718 g/mol. The molecule has 0 unspecified atom stereocenters. The molecule has 14 heteroatoms. The third-order valence-electron chi connectivity index (χ3n) is 8.54. The van der Waals surface area contributed by atoms with E-state index in [2.05, 4.69) is 21.3 Å². The number of rotatable bonds is 17.